The summed E-state index contributed by atoms with van der Waals surface area (Å²) >= 11 is 1.32. The number of hydrogen-bond acceptors (Lipinski definition) is 4. The van der Waals surface area contributed by atoms with E-state index < -0.39 is 5.91 Å². The maximum Gasteiger partial charge on any atom is 0.279 e. The van der Waals surface area contributed by atoms with Gasteiger partial charge >= 0.3 is 0 Å². The Hall–Kier alpha value is -2.60. The molecule has 5 nitrogen and oxygen atoms in total. The average molecular weight is 330 g/mol. The second kappa shape index (κ2) is 7.60. The van der Waals surface area contributed by atoms with Crippen LogP contribution in [0.3, 0.4) is 0 Å². The van der Waals surface area contributed by atoms with Crippen LogP contribution in [0.1, 0.15) is 31.2 Å². The molecule has 2 aromatic rings. The third-order valence-corrected chi connectivity index (χ3v) is 4.09. The Morgan fingerprint density at radius 1 is 1.26 bits per heavy atom. The predicted molar refractivity (Wildman–Crippen MR) is 90.9 cm³/mol. The van der Waals surface area contributed by atoms with Crippen LogP contribution in [0.5, 0.6) is 5.75 Å². The molecule has 23 heavy (non-hydrogen) atoms. The number of thiophene rings is 1. The van der Waals surface area contributed by atoms with Gasteiger partial charge in [-0.2, -0.15) is 0 Å². The highest BCUT2D eigenvalue weighted by Gasteiger charge is 2.16. The summed E-state index contributed by atoms with van der Waals surface area (Å²) in [5, 5.41) is 1.87. The highest BCUT2D eigenvalue weighted by atomic mass is 32.1. The lowest BCUT2D eigenvalue weighted by Crippen LogP contribution is -2.41. The molecule has 0 saturated heterocycles. The van der Waals surface area contributed by atoms with Crippen molar-refractivity contribution < 1.29 is 14.3 Å². The molecule has 0 saturated carbocycles. The molecule has 0 spiro atoms. The van der Waals surface area contributed by atoms with E-state index in [0.29, 0.717) is 22.8 Å². The number of hydrogen-bond donors (Lipinski definition) is 2. The quantitative estimate of drug-likeness (QED) is 0.654. The van der Waals surface area contributed by atoms with Gasteiger partial charge in [0.2, 0.25) is 0 Å². The summed E-state index contributed by atoms with van der Waals surface area (Å²) < 4.78 is 5.54. The molecule has 1 aromatic carbocycles. The van der Waals surface area contributed by atoms with E-state index in [-0.39, 0.29) is 5.91 Å². The van der Waals surface area contributed by atoms with E-state index in [9.17, 15) is 9.59 Å². The van der Waals surface area contributed by atoms with Gasteiger partial charge in [0, 0.05) is 0 Å². The van der Waals surface area contributed by atoms with Crippen molar-refractivity contribution in [2.75, 3.05) is 6.61 Å². The molecule has 1 heterocycles. The summed E-state index contributed by atoms with van der Waals surface area (Å²) in [6.07, 6.45) is 1.61. The Morgan fingerprint density at radius 2 is 2.00 bits per heavy atom. The van der Waals surface area contributed by atoms with Crippen molar-refractivity contribution in [3.63, 3.8) is 0 Å². The summed E-state index contributed by atoms with van der Waals surface area (Å²) in [5.41, 5.74) is 7.02. The SMILES string of the molecule is C=CCOc1c(C)cccc1C(=O)NNC(=O)c1cc(C)cs1. The lowest BCUT2D eigenvalue weighted by molar-refractivity contribution is 0.0846. The van der Waals surface area contributed by atoms with Crippen molar-refractivity contribution in [3.05, 3.63) is 63.9 Å². The van der Waals surface area contributed by atoms with Gasteiger partial charge in [-0.3, -0.25) is 20.4 Å². The molecule has 0 bridgehead atoms. The fourth-order valence-corrected chi connectivity index (χ4v) is 2.75. The first kappa shape index (κ1) is 16.8. The van der Waals surface area contributed by atoms with Crippen LogP contribution in [0.4, 0.5) is 0 Å². The third-order valence-electron chi connectivity index (χ3n) is 3.05. The fraction of sp³-hybridized carbons (Fsp3) is 0.176. The Labute approximate surface area is 139 Å². The summed E-state index contributed by atoms with van der Waals surface area (Å²) in [4.78, 5) is 24.8. The standard InChI is InChI=1S/C17H18N2O3S/c1-4-8-22-15-12(3)6-5-7-13(15)16(20)18-19-17(21)14-9-11(2)10-23-14/h4-7,9-10H,1,8H2,2-3H3,(H,18,20)(H,19,21). The van der Waals surface area contributed by atoms with Gasteiger partial charge in [-0.1, -0.05) is 24.8 Å². The first-order valence-corrected chi connectivity index (χ1v) is 7.90. The average Bonchev–Trinajstić information content (AvgIpc) is 2.97. The fourth-order valence-electron chi connectivity index (χ4n) is 1.96. The molecule has 1 aromatic heterocycles. The number of carbonyl (C=O) groups is 2. The Kier molecular flexibility index (Phi) is 5.54. The van der Waals surface area contributed by atoms with Crippen LogP contribution in [0.2, 0.25) is 0 Å². The van der Waals surface area contributed by atoms with E-state index in [2.05, 4.69) is 17.4 Å². The second-order valence-corrected chi connectivity index (χ2v) is 5.86. The number of nitrogens with one attached hydrogen (secondary N) is 2. The second-order valence-electron chi connectivity index (χ2n) is 4.95. The van der Waals surface area contributed by atoms with Crippen molar-refractivity contribution in [2.24, 2.45) is 0 Å². The van der Waals surface area contributed by atoms with E-state index in [1.165, 1.54) is 11.3 Å². The lowest BCUT2D eigenvalue weighted by atomic mass is 10.1. The van der Waals surface area contributed by atoms with E-state index in [1.54, 1.807) is 24.3 Å². The molecule has 0 radical (unpaired) electrons. The minimum absolute atomic E-state index is 0.298. The number of aryl methyl sites for hydroxylation is 2. The van der Waals surface area contributed by atoms with Gasteiger partial charge in [-0.15, -0.1) is 11.3 Å². The Bertz CT molecular complexity index is 737. The molecule has 2 amide bonds. The van der Waals surface area contributed by atoms with Crippen LogP contribution in [0.25, 0.3) is 0 Å². The van der Waals surface area contributed by atoms with Crippen molar-refractivity contribution >= 4 is 23.2 Å². The molecule has 2 rings (SSSR count). The molecule has 120 valence electrons. The summed E-state index contributed by atoms with van der Waals surface area (Å²) in [6, 6.07) is 7.01. The molecule has 6 heteroatoms. The van der Waals surface area contributed by atoms with Gasteiger partial charge in [0.05, 0.1) is 10.4 Å². The monoisotopic (exact) mass is 330 g/mol. The zero-order chi connectivity index (χ0) is 16.8. The Morgan fingerprint density at radius 3 is 2.65 bits per heavy atom. The first-order valence-electron chi connectivity index (χ1n) is 7.02. The topological polar surface area (TPSA) is 67.4 Å². The van der Waals surface area contributed by atoms with Crippen LogP contribution in [0, 0.1) is 13.8 Å². The summed E-state index contributed by atoms with van der Waals surface area (Å²) in [7, 11) is 0. The van der Waals surface area contributed by atoms with Gasteiger partial charge in [-0.25, -0.2) is 0 Å². The minimum Gasteiger partial charge on any atom is -0.488 e. The van der Waals surface area contributed by atoms with Crippen molar-refractivity contribution in [2.45, 2.75) is 13.8 Å². The highest BCUT2D eigenvalue weighted by Crippen LogP contribution is 2.23. The molecule has 0 aliphatic heterocycles. The number of para-hydroxylation sites is 1. The normalized spacial score (nSPS) is 10.0. The molecule has 0 aliphatic rings. The van der Waals surface area contributed by atoms with E-state index in [4.69, 9.17) is 4.74 Å². The van der Waals surface area contributed by atoms with Gasteiger partial charge in [0.25, 0.3) is 11.8 Å². The van der Waals surface area contributed by atoms with Gasteiger partial charge in [0.15, 0.2) is 0 Å². The van der Waals surface area contributed by atoms with Gasteiger partial charge < -0.3 is 4.74 Å². The predicted octanol–water partition coefficient (Wildman–Crippen LogP) is 3.00. The first-order chi connectivity index (χ1) is 11.0. The summed E-state index contributed by atoms with van der Waals surface area (Å²) in [5.74, 6) is -0.307. The molecule has 2 N–H and O–H groups in total. The Balaban J connectivity index is 2.07. The summed E-state index contributed by atoms with van der Waals surface area (Å²) in [6.45, 7) is 7.65. The van der Waals surface area contributed by atoms with Crippen molar-refractivity contribution in [3.8, 4) is 5.75 Å². The van der Waals surface area contributed by atoms with Gasteiger partial charge in [0.1, 0.15) is 12.4 Å². The number of hydrazine groups is 1. The molecule has 0 aliphatic carbocycles. The van der Waals surface area contributed by atoms with Crippen LogP contribution < -0.4 is 15.6 Å². The van der Waals surface area contributed by atoms with Crippen LogP contribution in [-0.4, -0.2) is 18.4 Å². The maximum atomic E-state index is 12.3. The smallest absolute Gasteiger partial charge is 0.279 e. The number of benzene rings is 1. The van der Waals surface area contributed by atoms with E-state index >= 15 is 0 Å². The van der Waals surface area contributed by atoms with E-state index in [1.807, 2.05) is 25.3 Å². The van der Waals surface area contributed by atoms with Crippen LogP contribution in [0.15, 0.2) is 42.3 Å². The van der Waals surface area contributed by atoms with Crippen LogP contribution in [-0.2, 0) is 0 Å². The number of rotatable bonds is 5. The highest BCUT2D eigenvalue weighted by molar-refractivity contribution is 7.12. The largest absolute Gasteiger partial charge is 0.488 e. The minimum atomic E-state index is -0.436. The number of ether oxygens (including phenoxy) is 1. The maximum absolute atomic E-state index is 12.3. The van der Waals surface area contributed by atoms with Crippen LogP contribution >= 0.6 is 11.3 Å². The third kappa shape index (κ3) is 4.20. The molecule has 0 atom stereocenters. The van der Waals surface area contributed by atoms with Crippen molar-refractivity contribution in [1.29, 1.82) is 0 Å². The molecular weight excluding hydrogens is 312 g/mol. The van der Waals surface area contributed by atoms with E-state index in [0.717, 1.165) is 11.1 Å². The van der Waals surface area contributed by atoms with Gasteiger partial charge in [-0.05, 0) is 42.5 Å². The zero-order valence-corrected chi connectivity index (χ0v) is 13.8. The molecule has 0 fully saturated rings. The zero-order valence-electron chi connectivity index (χ0n) is 13.0. The molecule has 0 unspecified atom stereocenters. The van der Waals surface area contributed by atoms with Crippen molar-refractivity contribution in [1.82, 2.24) is 10.9 Å². The molecular formula is C17H18N2O3S. The lowest BCUT2D eigenvalue weighted by Gasteiger charge is -2.13. The number of carbonyl (C=O) groups excluding carboxylic acids is 2. The number of amides is 2.